The van der Waals surface area contributed by atoms with Crippen molar-refractivity contribution >= 4 is 0 Å². The first-order valence-corrected chi connectivity index (χ1v) is 5.71. The van der Waals surface area contributed by atoms with Crippen LogP contribution in [-0.2, 0) is 0 Å². The largest absolute Gasteiger partial charge is 0.192 e. The van der Waals surface area contributed by atoms with Crippen LogP contribution in [0, 0.1) is 32.1 Å². The van der Waals surface area contributed by atoms with Crippen LogP contribution in [-0.4, -0.2) is 0 Å². The molecule has 0 aliphatic carbocycles. The Hall–Kier alpha value is -2.07. The SMILES string of the molecule is Cc1ccc(-c2cccc(C)c2C)c(C#N)c1. The van der Waals surface area contributed by atoms with E-state index in [1.54, 1.807) is 0 Å². The van der Waals surface area contributed by atoms with E-state index in [9.17, 15) is 5.26 Å². The molecule has 0 fully saturated rings. The zero-order valence-corrected chi connectivity index (χ0v) is 10.4. The summed E-state index contributed by atoms with van der Waals surface area (Å²) in [7, 11) is 0. The Bertz CT molecular complexity index is 603. The third-order valence-corrected chi connectivity index (χ3v) is 3.19. The molecule has 0 bridgehead atoms. The molecule has 0 amide bonds. The average Bonchev–Trinajstić information content (AvgIpc) is 2.33. The van der Waals surface area contributed by atoms with Gasteiger partial charge >= 0.3 is 0 Å². The minimum absolute atomic E-state index is 0.749. The van der Waals surface area contributed by atoms with Crippen LogP contribution in [0.3, 0.4) is 0 Å². The maximum absolute atomic E-state index is 9.21. The van der Waals surface area contributed by atoms with Crippen LogP contribution in [0.25, 0.3) is 11.1 Å². The highest BCUT2D eigenvalue weighted by molar-refractivity contribution is 5.74. The van der Waals surface area contributed by atoms with Crippen LogP contribution in [0.15, 0.2) is 36.4 Å². The average molecular weight is 221 g/mol. The number of nitrogens with zero attached hydrogens (tertiary/aromatic N) is 1. The predicted molar refractivity (Wildman–Crippen MR) is 70.8 cm³/mol. The van der Waals surface area contributed by atoms with Gasteiger partial charge in [0.2, 0.25) is 0 Å². The molecule has 1 heteroatoms. The van der Waals surface area contributed by atoms with Crippen LogP contribution in [0.4, 0.5) is 0 Å². The summed E-state index contributed by atoms with van der Waals surface area (Å²) in [6.45, 7) is 6.21. The van der Waals surface area contributed by atoms with Crippen molar-refractivity contribution in [3.8, 4) is 17.2 Å². The van der Waals surface area contributed by atoms with Gasteiger partial charge in [-0.3, -0.25) is 0 Å². The van der Waals surface area contributed by atoms with Crippen molar-refractivity contribution < 1.29 is 0 Å². The minimum atomic E-state index is 0.749. The van der Waals surface area contributed by atoms with Gasteiger partial charge in [0.15, 0.2) is 0 Å². The molecule has 0 atom stereocenters. The summed E-state index contributed by atoms with van der Waals surface area (Å²) in [6, 6.07) is 14.5. The van der Waals surface area contributed by atoms with Gasteiger partial charge in [-0.15, -0.1) is 0 Å². The molecule has 0 saturated carbocycles. The summed E-state index contributed by atoms with van der Waals surface area (Å²) in [5, 5.41) is 9.21. The lowest BCUT2D eigenvalue weighted by atomic mass is 9.93. The third kappa shape index (κ3) is 2.07. The summed E-state index contributed by atoms with van der Waals surface area (Å²) in [5.74, 6) is 0. The van der Waals surface area contributed by atoms with Gasteiger partial charge in [-0.25, -0.2) is 0 Å². The quantitative estimate of drug-likeness (QED) is 0.709. The van der Waals surface area contributed by atoms with Crippen molar-refractivity contribution in [3.05, 3.63) is 58.7 Å². The minimum Gasteiger partial charge on any atom is -0.192 e. The van der Waals surface area contributed by atoms with Crippen molar-refractivity contribution in [2.24, 2.45) is 0 Å². The molecular weight excluding hydrogens is 206 g/mol. The van der Waals surface area contributed by atoms with Crippen LogP contribution >= 0.6 is 0 Å². The molecule has 0 aliphatic heterocycles. The monoisotopic (exact) mass is 221 g/mol. The fraction of sp³-hybridized carbons (Fsp3) is 0.188. The van der Waals surface area contributed by atoms with Crippen molar-refractivity contribution in [2.45, 2.75) is 20.8 Å². The first kappa shape index (κ1) is 11.4. The van der Waals surface area contributed by atoms with Gasteiger partial charge in [0.05, 0.1) is 11.6 Å². The van der Waals surface area contributed by atoms with Gasteiger partial charge in [-0.2, -0.15) is 5.26 Å². The van der Waals surface area contributed by atoms with Gasteiger partial charge in [0, 0.05) is 0 Å². The zero-order chi connectivity index (χ0) is 12.4. The van der Waals surface area contributed by atoms with E-state index in [0.29, 0.717) is 0 Å². The normalized spacial score (nSPS) is 10.0. The van der Waals surface area contributed by atoms with Crippen LogP contribution in [0.5, 0.6) is 0 Å². The molecule has 1 nitrogen and oxygen atoms in total. The first-order chi connectivity index (χ1) is 8.13. The maximum atomic E-state index is 9.21. The molecule has 0 spiro atoms. The Balaban J connectivity index is 2.69. The van der Waals surface area contributed by atoms with Gasteiger partial charge in [0.1, 0.15) is 0 Å². The molecule has 0 heterocycles. The fourth-order valence-corrected chi connectivity index (χ4v) is 2.03. The van der Waals surface area contributed by atoms with Gasteiger partial charge in [-0.05, 0) is 54.7 Å². The summed E-state index contributed by atoms with van der Waals surface area (Å²) in [4.78, 5) is 0. The van der Waals surface area contributed by atoms with E-state index >= 15 is 0 Å². The number of aryl methyl sites for hydroxylation is 2. The van der Waals surface area contributed by atoms with Crippen molar-refractivity contribution in [3.63, 3.8) is 0 Å². The predicted octanol–water partition coefficient (Wildman–Crippen LogP) is 4.15. The Morgan fingerprint density at radius 2 is 1.71 bits per heavy atom. The summed E-state index contributed by atoms with van der Waals surface area (Å²) >= 11 is 0. The van der Waals surface area contributed by atoms with E-state index in [4.69, 9.17) is 0 Å². The van der Waals surface area contributed by atoms with Crippen molar-refractivity contribution in [1.29, 1.82) is 5.26 Å². The fourth-order valence-electron chi connectivity index (χ4n) is 2.03. The molecule has 2 rings (SSSR count). The molecule has 0 N–H and O–H groups in total. The van der Waals surface area contributed by atoms with E-state index in [-0.39, 0.29) is 0 Å². The van der Waals surface area contributed by atoms with Gasteiger partial charge in [0.25, 0.3) is 0 Å². The topological polar surface area (TPSA) is 23.8 Å². The highest BCUT2D eigenvalue weighted by atomic mass is 14.2. The molecule has 0 aliphatic rings. The summed E-state index contributed by atoms with van der Waals surface area (Å²) in [6.07, 6.45) is 0. The Morgan fingerprint density at radius 1 is 0.941 bits per heavy atom. The summed E-state index contributed by atoms with van der Waals surface area (Å²) < 4.78 is 0. The molecular formula is C16H15N. The molecule has 0 unspecified atom stereocenters. The molecule has 2 aromatic rings. The maximum Gasteiger partial charge on any atom is 0.0998 e. The van der Waals surface area contributed by atoms with E-state index in [2.05, 4.69) is 38.1 Å². The van der Waals surface area contributed by atoms with Crippen molar-refractivity contribution in [2.75, 3.05) is 0 Å². The van der Waals surface area contributed by atoms with Crippen LogP contribution in [0.2, 0.25) is 0 Å². The number of nitriles is 1. The first-order valence-electron chi connectivity index (χ1n) is 5.71. The van der Waals surface area contributed by atoms with Crippen molar-refractivity contribution in [1.82, 2.24) is 0 Å². The lowest BCUT2D eigenvalue weighted by Crippen LogP contribution is -1.90. The molecule has 17 heavy (non-hydrogen) atoms. The van der Waals surface area contributed by atoms with Gasteiger partial charge < -0.3 is 0 Å². The third-order valence-electron chi connectivity index (χ3n) is 3.19. The Labute approximate surface area is 102 Å². The number of rotatable bonds is 1. The molecule has 0 aromatic heterocycles. The number of benzene rings is 2. The van der Waals surface area contributed by atoms with E-state index in [0.717, 1.165) is 22.3 Å². The van der Waals surface area contributed by atoms with E-state index in [1.807, 2.05) is 25.1 Å². The summed E-state index contributed by atoms with van der Waals surface area (Å²) in [5.41, 5.74) is 6.55. The second kappa shape index (κ2) is 4.43. The second-order valence-corrected chi connectivity index (χ2v) is 4.41. The lowest BCUT2D eigenvalue weighted by molar-refractivity contribution is 1.33. The Kier molecular flexibility index (Phi) is 2.97. The highest BCUT2D eigenvalue weighted by Gasteiger charge is 2.08. The second-order valence-electron chi connectivity index (χ2n) is 4.41. The standard InChI is InChI=1S/C16H15N/c1-11-7-8-16(14(9-11)10-17)15-6-4-5-12(2)13(15)3/h4-9H,1-3H3. The molecule has 0 radical (unpaired) electrons. The Morgan fingerprint density at radius 3 is 2.41 bits per heavy atom. The smallest absolute Gasteiger partial charge is 0.0998 e. The highest BCUT2D eigenvalue weighted by Crippen LogP contribution is 2.28. The van der Waals surface area contributed by atoms with E-state index in [1.165, 1.54) is 11.1 Å². The van der Waals surface area contributed by atoms with Gasteiger partial charge in [-0.1, -0.05) is 30.3 Å². The molecule has 84 valence electrons. The number of hydrogen-bond acceptors (Lipinski definition) is 1. The van der Waals surface area contributed by atoms with Crippen LogP contribution < -0.4 is 0 Å². The number of hydrogen-bond donors (Lipinski definition) is 0. The molecule has 0 saturated heterocycles. The zero-order valence-electron chi connectivity index (χ0n) is 10.4. The lowest BCUT2D eigenvalue weighted by Gasteiger charge is -2.10. The van der Waals surface area contributed by atoms with E-state index < -0.39 is 0 Å². The van der Waals surface area contributed by atoms with Crippen LogP contribution in [0.1, 0.15) is 22.3 Å². The molecule has 2 aromatic carbocycles.